The summed E-state index contributed by atoms with van der Waals surface area (Å²) in [5.74, 6) is 0.531. The number of carboxylic acid groups (broad SMARTS) is 1. The van der Waals surface area contributed by atoms with Crippen LogP contribution in [-0.4, -0.2) is 20.6 Å². The number of carboxylic acids is 1. The van der Waals surface area contributed by atoms with Crippen LogP contribution in [-0.2, 0) is 6.54 Å². The standard InChI is InChI=1S/C28H22N2O3/c1-19-6-5-7-21(16-19)27-24-17-26(28(31)32)30(25(24)14-15-29-27)18-20-10-12-23(13-11-20)33-22-8-3-2-4-9-22/h2-17H,18H2,1H3,(H,31,32). The molecule has 5 nitrogen and oxygen atoms in total. The van der Waals surface area contributed by atoms with Gasteiger partial charge in [0.1, 0.15) is 17.2 Å². The summed E-state index contributed by atoms with van der Waals surface area (Å²) in [6.07, 6.45) is 1.74. The van der Waals surface area contributed by atoms with Crippen molar-refractivity contribution in [2.75, 3.05) is 0 Å². The Labute approximate surface area is 191 Å². The van der Waals surface area contributed by atoms with Crippen molar-refractivity contribution in [3.8, 4) is 22.8 Å². The summed E-state index contributed by atoms with van der Waals surface area (Å²) in [5, 5.41) is 10.7. The van der Waals surface area contributed by atoms with E-state index in [1.807, 2.05) is 90.4 Å². The van der Waals surface area contributed by atoms with Crippen LogP contribution in [0.25, 0.3) is 22.2 Å². The van der Waals surface area contributed by atoms with Crippen LogP contribution in [0.15, 0.2) is 97.2 Å². The number of pyridine rings is 1. The average molecular weight is 434 g/mol. The number of aromatic nitrogens is 2. The zero-order chi connectivity index (χ0) is 22.8. The van der Waals surface area contributed by atoms with Crippen molar-refractivity contribution in [1.82, 2.24) is 9.55 Å². The summed E-state index contributed by atoms with van der Waals surface area (Å²) in [7, 11) is 0. The van der Waals surface area contributed by atoms with E-state index < -0.39 is 5.97 Å². The van der Waals surface area contributed by atoms with Crippen LogP contribution in [0.3, 0.4) is 0 Å². The molecule has 2 aromatic heterocycles. The second kappa shape index (κ2) is 8.63. The van der Waals surface area contributed by atoms with Crippen molar-refractivity contribution < 1.29 is 14.6 Å². The van der Waals surface area contributed by atoms with E-state index in [9.17, 15) is 9.90 Å². The number of ether oxygens (including phenoxy) is 1. The number of nitrogens with zero attached hydrogens (tertiary/aromatic N) is 2. The van der Waals surface area contributed by atoms with E-state index >= 15 is 0 Å². The molecule has 2 heterocycles. The monoisotopic (exact) mass is 434 g/mol. The van der Waals surface area contributed by atoms with Crippen molar-refractivity contribution in [3.63, 3.8) is 0 Å². The van der Waals surface area contributed by atoms with Crippen LogP contribution >= 0.6 is 0 Å². The van der Waals surface area contributed by atoms with Crippen LogP contribution in [0.4, 0.5) is 0 Å². The third-order valence-corrected chi connectivity index (χ3v) is 5.58. The molecule has 0 spiro atoms. The molecule has 0 aliphatic rings. The van der Waals surface area contributed by atoms with Crippen molar-refractivity contribution in [2.24, 2.45) is 0 Å². The van der Waals surface area contributed by atoms with Gasteiger partial charge in [0.05, 0.1) is 11.2 Å². The minimum atomic E-state index is -0.967. The van der Waals surface area contributed by atoms with Gasteiger partial charge >= 0.3 is 5.97 Å². The smallest absolute Gasteiger partial charge is 0.352 e. The Bertz CT molecular complexity index is 1440. The number of hydrogen-bond acceptors (Lipinski definition) is 3. The Balaban J connectivity index is 1.51. The number of fused-ring (bicyclic) bond motifs is 1. The lowest BCUT2D eigenvalue weighted by molar-refractivity contribution is 0.0686. The summed E-state index contributed by atoms with van der Waals surface area (Å²) < 4.78 is 7.69. The zero-order valence-electron chi connectivity index (χ0n) is 18.1. The Hall–Kier alpha value is -4.38. The number of carbonyl (C=O) groups is 1. The molecule has 33 heavy (non-hydrogen) atoms. The molecule has 3 aromatic carbocycles. The maximum absolute atomic E-state index is 12.1. The van der Waals surface area contributed by atoms with E-state index in [0.29, 0.717) is 6.54 Å². The first-order valence-electron chi connectivity index (χ1n) is 10.7. The molecular formula is C28H22N2O3. The first-order valence-corrected chi connectivity index (χ1v) is 10.7. The van der Waals surface area contributed by atoms with Gasteiger partial charge in [0, 0.05) is 23.7 Å². The van der Waals surface area contributed by atoms with Crippen molar-refractivity contribution in [1.29, 1.82) is 0 Å². The summed E-state index contributed by atoms with van der Waals surface area (Å²) in [6, 6.07) is 29.0. The molecule has 0 bridgehead atoms. The summed E-state index contributed by atoms with van der Waals surface area (Å²) in [5.41, 5.74) is 4.92. The molecule has 0 aliphatic carbocycles. The number of aromatic carboxylic acids is 1. The fourth-order valence-corrected chi connectivity index (χ4v) is 4.03. The van der Waals surface area contributed by atoms with Crippen molar-refractivity contribution >= 4 is 16.9 Å². The van der Waals surface area contributed by atoms with Gasteiger partial charge in [-0.3, -0.25) is 4.98 Å². The summed E-state index contributed by atoms with van der Waals surface area (Å²) >= 11 is 0. The normalized spacial score (nSPS) is 10.9. The van der Waals surface area contributed by atoms with E-state index in [2.05, 4.69) is 11.1 Å². The molecule has 0 unspecified atom stereocenters. The Morgan fingerprint density at radius 1 is 0.909 bits per heavy atom. The SMILES string of the molecule is Cc1cccc(-c2nccc3c2cc(C(=O)O)n3Cc2ccc(Oc3ccccc3)cc2)c1. The van der Waals surface area contributed by atoms with Gasteiger partial charge in [-0.2, -0.15) is 0 Å². The fourth-order valence-electron chi connectivity index (χ4n) is 4.03. The van der Waals surface area contributed by atoms with E-state index in [1.54, 1.807) is 12.3 Å². The van der Waals surface area contributed by atoms with Gasteiger partial charge in [0.2, 0.25) is 0 Å². The average Bonchev–Trinajstić information content (AvgIpc) is 3.20. The highest BCUT2D eigenvalue weighted by molar-refractivity contribution is 6.00. The lowest BCUT2D eigenvalue weighted by Crippen LogP contribution is -2.09. The van der Waals surface area contributed by atoms with E-state index in [4.69, 9.17) is 4.74 Å². The van der Waals surface area contributed by atoms with Gasteiger partial charge in [0.25, 0.3) is 0 Å². The lowest BCUT2D eigenvalue weighted by atomic mass is 10.1. The molecule has 5 heteroatoms. The van der Waals surface area contributed by atoms with Crippen molar-refractivity contribution in [3.05, 3.63) is 114 Å². The molecular weight excluding hydrogens is 412 g/mol. The van der Waals surface area contributed by atoms with E-state index in [0.717, 1.165) is 44.8 Å². The predicted octanol–water partition coefficient (Wildman–Crippen LogP) is 6.55. The van der Waals surface area contributed by atoms with Gasteiger partial charge < -0.3 is 14.4 Å². The lowest BCUT2D eigenvalue weighted by Gasteiger charge is -2.11. The summed E-state index contributed by atoms with van der Waals surface area (Å²) in [4.78, 5) is 16.6. The molecule has 5 aromatic rings. The molecule has 0 saturated carbocycles. The number of hydrogen-bond donors (Lipinski definition) is 1. The quantitative estimate of drug-likeness (QED) is 0.329. The Kier molecular flexibility index (Phi) is 5.37. The number of benzene rings is 3. The van der Waals surface area contributed by atoms with Crippen LogP contribution in [0.1, 0.15) is 21.6 Å². The largest absolute Gasteiger partial charge is 0.477 e. The molecule has 5 rings (SSSR count). The molecule has 0 atom stereocenters. The maximum atomic E-state index is 12.1. The van der Waals surface area contributed by atoms with Crippen LogP contribution < -0.4 is 4.74 Å². The first kappa shape index (κ1) is 20.5. The molecule has 0 fully saturated rings. The number of rotatable bonds is 6. The topological polar surface area (TPSA) is 64.3 Å². The second-order valence-corrected chi connectivity index (χ2v) is 7.94. The molecule has 0 radical (unpaired) electrons. The van der Waals surface area contributed by atoms with Gasteiger partial charge in [-0.1, -0.05) is 54.1 Å². The highest BCUT2D eigenvalue weighted by atomic mass is 16.5. The van der Waals surface area contributed by atoms with Crippen LogP contribution in [0.2, 0.25) is 0 Å². The molecule has 162 valence electrons. The van der Waals surface area contributed by atoms with E-state index in [1.165, 1.54) is 0 Å². The first-order chi connectivity index (χ1) is 16.1. The molecule has 0 amide bonds. The minimum absolute atomic E-state index is 0.233. The second-order valence-electron chi connectivity index (χ2n) is 7.94. The zero-order valence-corrected chi connectivity index (χ0v) is 18.1. The van der Waals surface area contributed by atoms with Crippen LogP contribution in [0, 0.1) is 6.92 Å². The third kappa shape index (κ3) is 4.21. The van der Waals surface area contributed by atoms with Gasteiger partial charge in [0.15, 0.2) is 0 Å². The van der Waals surface area contributed by atoms with Crippen LogP contribution in [0.5, 0.6) is 11.5 Å². The van der Waals surface area contributed by atoms with Crippen molar-refractivity contribution in [2.45, 2.75) is 13.5 Å². The van der Waals surface area contributed by atoms with Gasteiger partial charge in [-0.15, -0.1) is 0 Å². The Morgan fingerprint density at radius 2 is 1.67 bits per heavy atom. The highest BCUT2D eigenvalue weighted by Gasteiger charge is 2.18. The predicted molar refractivity (Wildman–Crippen MR) is 129 cm³/mol. The third-order valence-electron chi connectivity index (χ3n) is 5.58. The number of aryl methyl sites for hydroxylation is 1. The number of para-hydroxylation sites is 1. The van der Waals surface area contributed by atoms with E-state index in [-0.39, 0.29) is 5.69 Å². The minimum Gasteiger partial charge on any atom is -0.477 e. The maximum Gasteiger partial charge on any atom is 0.352 e. The Morgan fingerprint density at radius 3 is 2.39 bits per heavy atom. The fraction of sp³-hybridized carbons (Fsp3) is 0.0714. The molecule has 0 saturated heterocycles. The molecule has 1 N–H and O–H groups in total. The summed E-state index contributed by atoms with van der Waals surface area (Å²) in [6.45, 7) is 2.46. The highest BCUT2D eigenvalue weighted by Crippen LogP contribution is 2.31. The van der Waals surface area contributed by atoms with Gasteiger partial charge in [-0.25, -0.2) is 4.79 Å². The molecule has 0 aliphatic heterocycles. The van der Waals surface area contributed by atoms with Gasteiger partial charge in [-0.05, 0) is 55.0 Å².